The van der Waals surface area contributed by atoms with Gasteiger partial charge in [-0.15, -0.1) is 0 Å². The Morgan fingerprint density at radius 2 is 2.00 bits per heavy atom. The molecule has 0 aromatic rings. The zero-order valence-corrected chi connectivity index (χ0v) is 10.1. The van der Waals surface area contributed by atoms with Gasteiger partial charge in [0.15, 0.2) is 0 Å². The van der Waals surface area contributed by atoms with Crippen molar-refractivity contribution in [2.45, 2.75) is 70.6 Å². The van der Waals surface area contributed by atoms with E-state index in [-0.39, 0.29) is 12.5 Å². The van der Waals surface area contributed by atoms with Gasteiger partial charge in [0, 0.05) is 18.5 Å². The monoisotopic (exact) mass is 237 g/mol. The topological polar surface area (TPSA) is 12.0 Å². The summed E-state index contributed by atoms with van der Waals surface area (Å²) in [5.41, 5.74) is 0. The molecule has 0 aliphatic heterocycles. The van der Waals surface area contributed by atoms with Crippen LogP contribution in [0, 0.1) is 5.92 Å². The third-order valence-electron chi connectivity index (χ3n) is 3.31. The van der Waals surface area contributed by atoms with Gasteiger partial charge in [-0.25, -0.2) is 0 Å². The molecule has 0 heterocycles. The molecule has 1 nitrogen and oxygen atoms in total. The quantitative estimate of drug-likeness (QED) is 0.765. The van der Waals surface area contributed by atoms with Crippen LogP contribution in [0.4, 0.5) is 13.2 Å². The predicted molar refractivity (Wildman–Crippen MR) is 59.3 cm³/mol. The van der Waals surface area contributed by atoms with Crippen molar-refractivity contribution in [2.75, 3.05) is 0 Å². The van der Waals surface area contributed by atoms with Crippen LogP contribution >= 0.6 is 0 Å². The minimum Gasteiger partial charge on any atom is -0.311 e. The summed E-state index contributed by atoms with van der Waals surface area (Å²) in [5.74, 6) is 0.764. The number of rotatable bonds is 5. The zero-order valence-electron chi connectivity index (χ0n) is 10.1. The van der Waals surface area contributed by atoms with Crippen molar-refractivity contribution in [2.24, 2.45) is 5.92 Å². The number of hydrogen-bond acceptors (Lipinski definition) is 1. The van der Waals surface area contributed by atoms with E-state index >= 15 is 0 Å². The molecular weight excluding hydrogens is 215 g/mol. The highest BCUT2D eigenvalue weighted by Crippen LogP contribution is 2.26. The van der Waals surface area contributed by atoms with E-state index in [4.69, 9.17) is 0 Å². The average molecular weight is 237 g/mol. The van der Waals surface area contributed by atoms with Gasteiger partial charge in [0.25, 0.3) is 0 Å². The van der Waals surface area contributed by atoms with E-state index in [0.29, 0.717) is 12.5 Å². The number of hydrogen-bond donors (Lipinski definition) is 1. The van der Waals surface area contributed by atoms with Gasteiger partial charge < -0.3 is 5.32 Å². The average Bonchev–Trinajstić information content (AvgIpc) is 2.48. The Balaban J connectivity index is 2.09. The molecule has 1 saturated carbocycles. The standard InChI is InChI=1S/C12H22F3N/c1-9-5-6-11(8-9)16-10(2)4-3-7-12(13,14)15/h9-11,16H,3-8H2,1-2H3. The fraction of sp³-hybridized carbons (Fsp3) is 1.00. The molecule has 0 saturated heterocycles. The Kier molecular flexibility index (Phi) is 5.09. The molecule has 96 valence electrons. The molecule has 0 radical (unpaired) electrons. The molecule has 0 spiro atoms. The summed E-state index contributed by atoms with van der Waals surface area (Å²) in [5, 5.41) is 3.43. The van der Waals surface area contributed by atoms with Crippen LogP contribution in [0.2, 0.25) is 0 Å². The van der Waals surface area contributed by atoms with Crippen molar-refractivity contribution in [1.82, 2.24) is 5.32 Å². The van der Waals surface area contributed by atoms with Crippen LogP contribution in [0.15, 0.2) is 0 Å². The molecule has 1 rings (SSSR count). The molecule has 3 atom stereocenters. The second-order valence-electron chi connectivity index (χ2n) is 5.19. The van der Waals surface area contributed by atoms with Crippen LogP contribution in [0.1, 0.15) is 52.4 Å². The van der Waals surface area contributed by atoms with Gasteiger partial charge in [-0.1, -0.05) is 6.92 Å². The highest BCUT2D eigenvalue weighted by Gasteiger charge is 2.27. The van der Waals surface area contributed by atoms with Crippen LogP contribution in [-0.4, -0.2) is 18.3 Å². The molecule has 1 aliphatic carbocycles. The van der Waals surface area contributed by atoms with E-state index in [1.165, 1.54) is 19.3 Å². The second-order valence-corrected chi connectivity index (χ2v) is 5.19. The first-order chi connectivity index (χ1) is 7.37. The molecule has 0 aromatic carbocycles. The Morgan fingerprint density at radius 1 is 1.31 bits per heavy atom. The number of nitrogens with one attached hydrogen (secondary N) is 1. The molecule has 0 aromatic heterocycles. The van der Waals surface area contributed by atoms with Gasteiger partial charge in [0.1, 0.15) is 0 Å². The zero-order chi connectivity index (χ0) is 12.2. The van der Waals surface area contributed by atoms with Gasteiger partial charge in [-0.2, -0.15) is 13.2 Å². The highest BCUT2D eigenvalue weighted by molar-refractivity contribution is 4.80. The molecule has 4 heteroatoms. The third-order valence-corrected chi connectivity index (χ3v) is 3.31. The lowest BCUT2D eigenvalue weighted by molar-refractivity contribution is -0.135. The Labute approximate surface area is 95.8 Å². The molecule has 16 heavy (non-hydrogen) atoms. The largest absolute Gasteiger partial charge is 0.389 e. The summed E-state index contributed by atoms with van der Waals surface area (Å²) in [6.45, 7) is 4.22. The smallest absolute Gasteiger partial charge is 0.311 e. The van der Waals surface area contributed by atoms with E-state index in [1.807, 2.05) is 6.92 Å². The SMILES string of the molecule is CC1CCC(NC(C)CCCC(F)(F)F)C1. The Hall–Kier alpha value is -0.250. The summed E-state index contributed by atoms with van der Waals surface area (Å²) >= 11 is 0. The molecule has 3 unspecified atom stereocenters. The van der Waals surface area contributed by atoms with Crippen molar-refractivity contribution < 1.29 is 13.2 Å². The van der Waals surface area contributed by atoms with Crippen LogP contribution in [0.5, 0.6) is 0 Å². The highest BCUT2D eigenvalue weighted by atomic mass is 19.4. The Bertz CT molecular complexity index is 203. The predicted octanol–water partition coefficient (Wildman–Crippen LogP) is 3.89. The van der Waals surface area contributed by atoms with E-state index in [2.05, 4.69) is 12.2 Å². The fourth-order valence-corrected chi connectivity index (χ4v) is 2.45. The van der Waals surface area contributed by atoms with E-state index in [9.17, 15) is 13.2 Å². The minimum atomic E-state index is -4.00. The fourth-order valence-electron chi connectivity index (χ4n) is 2.45. The van der Waals surface area contributed by atoms with Crippen LogP contribution < -0.4 is 5.32 Å². The first-order valence-corrected chi connectivity index (χ1v) is 6.19. The van der Waals surface area contributed by atoms with Gasteiger partial charge in [-0.3, -0.25) is 0 Å². The number of alkyl halides is 3. The molecule has 1 N–H and O–H groups in total. The first kappa shape index (κ1) is 13.8. The van der Waals surface area contributed by atoms with Crippen molar-refractivity contribution in [3.63, 3.8) is 0 Å². The van der Waals surface area contributed by atoms with Crippen molar-refractivity contribution >= 4 is 0 Å². The summed E-state index contributed by atoms with van der Waals surface area (Å²) in [7, 11) is 0. The van der Waals surface area contributed by atoms with Gasteiger partial charge in [0.2, 0.25) is 0 Å². The molecular formula is C12H22F3N. The summed E-state index contributed by atoms with van der Waals surface area (Å²) in [4.78, 5) is 0. The Morgan fingerprint density at radius 3 is 2.50 bits per heavy atom. The number of halogens is 3. The molecule has 0 amide bonds. The normalized spacial score (nSPS) is 28.3. The molecule has 0 bridgehead atoms. The second kappa shape index (κ2) is 5.89. The van der Waals surface area contributed by atoms with E-state index < -0.39 is 12.6 Å². The summed E-state index contributed by atoms with van der Waals surface area (Å²) in [6.07, 6.45) is -0.215. The van der Waals surface area contributed by atoms with Gasteiger partial charge in [-0.05, 0) is 44.9 Å². The van der Waals surface area contributed by atoms with Crippen LogP contribution in [0.3, 0.4) is 0 Å². The summed E-state index contributed by atoms with van der Waals surface area (Å²) < 4.78 is 35.8. The van der Waals surface area contributed by atoms with E-state index in [1.54, 1.807) is 0 Å². The minimum absolute atomic E-state index is 0.206. The van der Waals surface area contributed by atoms with Gasteiger partial charge >= 0.3 is 6.18 Å². The van der Waals surface area contributed by atoms with Crippen molar-refractivity contribution in [1.29, 1.82) is 0 Å². The molecule has 1 fully saturated rings. The van der Waals surface area contributed by atoms with Gasteiger partial charge in [0.05, 0.1) is 0 Å². The third kappa shape index (κ3) is 5.73. The lowest BCUT2D eigenvalue weighted by Crippen LogP contribution is -2.34. The van der Waals surface area contributed by atoms with Crippen molar-refractivity contribution in [3.8, 4) is 0 Å². The van der Waals surface area contributed by atoms with Crippen LogP contribution in [-0.2, 0) is 0 Å². The van der Waals surface area contributed by atoms with Crippen LogP contribution in [0.25, 0.3) is 0 Å². The maximum atomic E-state index is 11.9. The maximum Gasteiger partial charge on any atom is 0.389 e. The molecule has 1 aliphatic rings. The first-order valence-electron chi connectivity index (χ1n) is 6.19. The van der Waals surface area contributed by atoms with E-state index in [0.717, 1.165) is 5.92 Å². The van der Waals surface area contributed by atoms with Crippen molar-refractivity contribution in [3.05, 3.63) is 0 Å². The lowest BCUT2D eigenvalue weighted by Gasteiger charge is -2.19. The maximum absolute atomic E-state index is 11.9. The summed E-state index contributed by atoms with van der Waals surface area (Å²) in [6, 6.07) is 0.730. The lowest BCUT2D eigenvalue weighted by atomic mass is 10.1.